The summed E-state index contributed by atoms with van der Waals surface area (Å²) in [5.41, 5.74) is 2.18. The van der Waals surface area contributed by atoms with E-state index >= 15 is 0 Å². The molecule has 0 atom stereocenters. The Morgan fingerprint density at radius 3 is 2.69 bits per heavy atom. The van der Waals surface area contributed by atoms with E-state index in [0.717, 1.165) is 29.5 Å². The second kappa shape index (κ2) is 8.13. The minimum absolute atomic E-state index is 0.195. The molecular weight excluding hydrogens is 384 g/mol. The van der Waals surface area contributed by atoms with Crippen LogP contribution in [0.15, 0.2) is 47.3 Å². The molecule has 29 heavy (non-hydrogen) atoms. The van der Waals surface area contributed by atoms with Crippen molar-refractivity contribution in [2.45, 2.75) is 39.7 Å². The molecule has 0 saturated carbocycles. The van der Waals surface area contributed by atoms with Gasteiger partial charge in [0.2, 0.25) is 0 Å². The number of aromatic nitrogens is 3. The molecule has 0 radical (unpaired) electrons. The van der Waals surface area contributed by atoms with Gasteiger partial charge >= 0.3 is 0 Å². The number of thiazole rings is 1. The highest BCUT2D eigenvalue weighted by Crippen LogP contribution is 2.28. The standard InChI is InChI=1S/C22H22N4O2S/c1-3-5-8-14-11-12-17-18(13-14)29-22(23-17)24-20(27)19-15-9-6-7-10-16(15)21(28)26(4-2)25-19/h6-7,9-13H,3-5,8H2,1-2H3,(H,23,24,27). The highest BCUT2D eigenvalue weighted by molar-refractivity contribution is 7.22. The zero-order chi connectivity index (χ0) is 20.4. The van der Waals surface area contributed by atoms with E-state index in [1.54, 1.807) is 24.3 Å². The smallest absolute Gasteiger partial charge is 0.278 e. The fourth-order valence-electron chi connectivity index (χ4n) is 3.33. The van der Waals surface area contributed by atoms with Gasteiger partial charge in [0.1, 0.15) is 0 Å². The van der Waals surface area contributed by atoms with Gasteiger partial charge in [-0.25, -0.2) is 9.67 Å². The number of nitrogens with zero attached hydrogens (tertiary/aromatic N) is 3. The quantitative estimate of drug-likeness (QED) is 0.507. The van der Waals surface area contributed by atoms with E-state index < -0.39 is 0 Å². The predicted octanol–water partition coefficient (Wildman–Crippen LogP) is 4.62. The van der Waals surface area contributed by atoms with Crippen molar-refractivity contribution in [3.63, 3.8) is 0 Å². The van der Waals surface area contributed by atoms with Crippen molar-refractivity contribution in [1.29, 1.82) is 0 Å². The maximum atomic E-state index is 13.0. The van der Waals surface area contributed by atoms with Crippen molar-refractivity contribution in [2.24, 2.45) is 0 Å². The van der Waals surface area contributed by atoms with E-state index in [2.05, 4.69) is 34.5 Å². The van der Waals surface area contributed by atoms with Gasteiger partial charge in [-0.15, -0.1) is 0 Å². The van der Waals surface area contributed by atoms with E-state index in [1.165, 1.54) is 21.6 Å². The summed E-state index contributed by atoms with van der Waals surface area (Å²) >= 11 is 1.45. The van der Waals surface area contributed by atoms with E-state index in [0.29, 0.717) is 22.4 Å². The maximum absolute atomic E-state index is 13.0. The van der Waals surface area contributed by atoms with Crippen LogP contribution >= 0.6 is 11.3 Å². The van der Waals surface area contributed by atoms with Crippen LogP contribution in [0.3, 0.4) is 0 Å². The number of hydrogen-bond acceptors (Lipinski definition) is 5. The molecule has 0 aliphatic rings. The van der Waals surface area contributed by atoms with Gasteiger partial charge in [-0.05, 0) is 43.5 Å². The molecule has 1 N–H and O–H groups in total. The summed E-state index contributed by atoms with van der Waals surface area (Å²) in [6.07, 6.45) is 3.35. The van der Waals surface area contributed by atoms with E-state index in [9.17, 15) is 9.59 Å². The lowest BCUT2D eigenvalue weighted by molar-refractivity contribution is 0.102. The molecule has 2 aromatic heterocycles. The molecule has 0 aliphatic heterocycles. The van der Waals surface area contributed by atoms with E-state index in [1.807, 2.05) is 13.0 Å². The molecule has 4 rings (SSSR count). The zero-order valence-electron chi connectivity index (χ0n) is 16.4. The molecular formula is C22H22N4O2S. The Labute approximate surface area is 172 Å². The summed E-state index contributed by atoms with van der Waals surface area (Å²) in [6.45, 7) is 4.40. The molecule has 0 fully saturated rings. The number of unbranched alkanes of at least 4 members (excludes halogenated alkanes) is 1. The summed E-state index contributed by atoms with van der Waals surface area (Å²) in [5, 5.41) is 8.70. The van der Waals surface area contributed by atoms with Crippen LogP contribution in [0.5, 0.6) is 0 Å². The van der Waals surface area contributed by atoms with Gasteiger partial charge in [0.05, 0.1) is 15.6 Å². The molecule has 0 bridgehead atoms. The van der Waals surface area contributed by atoms with Crippen LogP contribution in [0.2, 0.25) is 0 Å². The Kier molecular flexibility index (Phi) is 5.40. The average molecular weight is 407 g/mol. The molecule has 4 aromatic rings. The Hall–Kier alpha value is -3.06. The van der Waals surface area contributed by atoms with Gasteiger partial charge in [-0.1, -0.05) is 48.9 Å². The maximum Gasteiger partial charge on any atom is 0.278 e. The third kappa shape index (κ3) is 3.78. The number of fused-ring (bicyclic) bond motifs is 2. The fourth-order valence-corrected chi connectivity index (χ4v) is 4.26. The Balaban J connectivity index is 1.67. The third-order valence-electron chi connectivity index (χ3n) is 4.87. The lowest BCUT2D eigenvalue weighted by Crippen LogP contribution is -2.27. The van der Waals surface area contributed by atoms with Crippen molar-refractivity contribution in [3.8, 4) is 0 Å². The van der Waals surface area contributed by atoms with Crippen LogP contribution in [0.4, 0.5) is 5.13 Å². The normalized spacial score (nSPS) is 11.2. The van der Waals surface area contributed by atoms with Crippen LogP contribution in [-0.2, 0) is 13.0 Å². The van der Waals surface area contributed by atoms with Crippen LogP contribution < -0.4 is 10.9 Å². The van der Waals surface area contributed by atoms with Gasteiger partial charge < -0.3 is 0 Å². The van der Waals surface area contributed by atoms with Gasteiger partial charge in [-0.3, -0.25) is 14.9 Å². The Morgan fingerprint density at radius 2 is 1.93 bits per heavy atom. The summed E-state index contributed by atoms with van der Waals surface area (Å²) < 4.78 is 2.36. The number of anilines is 1. The molecule has 6 nitrogen and oxygen atoms in total. The first-order valence-electron chi connectivity index (χ1n) is 9.81. The van der Waals surface area contributed by atoms with Crippen LogP contribution in [0, 0.1) is 0 Å². The molecule has 0 saturated heterocycles. The molecule has 7 heteroatoms. The van der Waals surface area contributed by atoms with Crippen LogP contribution in [0.25, 0.3) is 21.0 Å². The van der Waals surface area contributed by atoms with Gasteiger partial charge in [-0.2, -0.15) is 5.10 Å². The second-order valence-corrected chi connectivity index (χ2v) is 7.92. The van der Waals surface area contributed by atoms with E-state index in [4.69, 9.17) is 0 Å². The number of amides is 1. The summed E-state index contributed by atoms with van der Waals surface area (Å²) in [5.74, 6) is -0.367. The van der Waals surface area contributed by atoms with E-state index in [-0.39, 0.29) is 17.2 Å². The first-order valence-corrected chi connectivity index (χ1v) is 10.6. The molecule has 0 unspecified atom stereocenters. The number of nitrogens with one attached hydrogen (secondary N) is 1. The number of carbonyl (C=O) groups is 1. The second-order valence-electron chi connectivity index (χ2n) is 6.89. The monoisotopic (exact) mass is 406 g/mol. The SMILES string of the molecule is CCCCc1ccc2nc(NC(=O)c3nn(CC)c(=O)c4ccccc34)sc2c1. The lowest BCUT2D eigenvalue weighted by atomic mass is 10.1. The number of carbonyl (C=O) groups excluding carboxylic acids is 1. The highest BCUT2D eigenvalue weighted by Gasteiger charge is 2.18. The molecule has 1 amide bonds. The first kappa shape index (κ1) is 19.3. The lowest BCUT2D eigenvalue weighted by Gasteiger charge is -2.08. The minimum atomic E-state index is -0.367. The minimum Gasteiger partial charge on any atom is -0.296 e. The molecule has 0 aliphatic carbocycles. The fraction of sp³-hybridized carbons (Fsp3) is 0.273. The number of hydrogen-bond donors (Lipinski definition) is 1. The van der Waals surface area contributed by atoms with Gasteiger partial charge in [0.25, 0.3) is 11.5 Å². The topological polar surface area (TPSA) is 76.9 Å². The number of rotatable bonds is 6. The number of aryl methyl sites for hydroxylation is 2. The largest absolute Gasteiger partial charge is 0.296 e. The Bertz CT molecular complexity index is 1260. The van der Waals surface area contributed by atoms with Crippen LogP contribution in [-0.4, -0.2) is 20.7 Å². The van der Waals surface area contributed by atoms with Crippen molar-refractivity contribution in [3.05, 3.63) is 64.1 Å². The van der Waals surface area contributed by atoms with Crippen molar-refractivity contribution in [2.75, 3.05) is 5.32 Å². The van der Waals surface area contributed by atoms with Gasteiger partial charge in [0.15, 0.2) is 10.8 Å². The number of benzene rings is 2. The van der Waals surface area contributed by atoms with Crippen molar-refractivity contribution in [1.82, 2.24) is 14.8 Å². The average Bonchev–Trinajstić information content (AvgIpc) is 3.14. The summed E-state index contributed by atoms with van der Waals surface area (Å²) in [4.78, 5) is 30.0. The summed E-state index contributed by atoms with van der Waals surface area (Å²) in [7, 11) is 0. The van der Waals surface area contributed by atoms with Crippen molar-refractivity contribution < 1.29 is 4.79 Å². The molecule has 2 aromatic carbocycles. The van der Waals surface area contributed by atoms with Crippen molar-refractivity contribution >= 4 is 43.4 Å². The zero-order valence-corrected chi connectivity index (χ0v) is 17.3. The molecule has 2 heterocycles. The third-order valence-corrected chi connectivity index (χ3v) is 5.81. The predicted molar refractivity (Wildman–Crippen MR) is 118 cm³/mol. The summed E-state index contributed by atoms with van der Waals surface area (Å²) in [6, 6.07) is 13.3. The molecule has 148 valence electrons. The Morgan fingerprint density at radius 1 is 1.14 bits per heavy atom. The first-order chi connectivity index (χ1) is 14.1. The molecule has 0 spiro atoms. The highest BCUT2D eigenvalue weighted by atomic mass is 32.1. The van der Waals surface area contributed by atoms with Crippen LogP contribution in [0.1, 0.15) is 42.7 Å². The van der Waals surface area contributed by atoms with Gasteiger partial charge in [0, 0.05) is 11.9 Å².